The maximum absolute atomic E-state index is 13.3. The molecule has 2 aromatic heterocycles. The van der Waals surface area contributed by atoms with E-state index in [0.29, 0.717) is 22.9 Å². The summed E-state index contributed by atoms with van der Waals surface area (Å²) in [6.45, 7) is 1.81. The lowest BCUT2D eigenvalue weighted by Crippen LogP contribution is -2.46. The summed E-state index contributed by atoms with van der Waals surface area (Å²) in [6.07, 6.45) is 8.24. The Morgan fingerprint density at radius 3 is 2.77 bits per heavy atom. The van der Waals surface area contributed by atoms with Crippen LogP contribution < -0.4 is 0 Å². The maximum Gasteiger partial charge on any atom is 0.326 e. The summed E-state index contributed by atoms with van der Waals surface area (Å²) in [5, 5.41) is 14.6. The first-order valence-electron chi connectivity index (χ1n) is 8.97. The summed E-state index contributed by atoms with van der Waals surface area (Å²) in [4.78, 5) is 31.8. The third-order valence-corrected chi connectivity index (χ3v) is 6.74. The van der Waals surface area contributed by atoms with Crippen molar-refractivity contribution in [2.45, 2.75) is 51.1 Å². The number of amides is 1. The van der Waals surface area contributed by atoms with Crippen molar-refractivity contribution < 1.29 is 14.7 Å². The highest BCUT2D eigenvalue weighted by atomic mass is 32.1. The first-order chi connectivity index (χ1) is 12.5. The van der Waals surface area contributed by atoms with Gasteiger partial charge in [-0.25, -0.2) is 9.78 Å². The standard InChI is InChI=1S/C18H22N4O3S/c1-10-15(26-16(20-10)12-8-19-21(2)9-12)17(23)22-13-6-4-3-5-11(13)7-14(22)18(24)25/h8-9,11,13-14H,3-7H2,1-2H3,(H,24,25)/t11-,13+,14-/m0/s1. The molecule has 2 fully saturated rings. The van der Waals surface area contributed by atoms with Gasteiger partial charge in [-0.15, -0.1) is 11.3 Å². The van der Waals surface area contributed by atoms with Gasteiger partial charge in [0.25, 0.3) is 5.91 Å². The molecule has 0 spiro atoms. The SMILES string of the molecule is Cc1nc(-c2cnn(C)c2)sc1C(=O)N1[C@@H]2CCCC[C@H]2C[C@H]1C(=O)O. The van der Waals surface area contributed by atoms with Gasteiger partial charge in [0.05, 0.1) is 11.9 Å². The second-order valence-electron chi connectivity index (χ2n) is 7.25. The van der Waals surface area contributed by atoms with Gasteiger partial charge >= 0.3 is 5.97 Å². The smallest absolute Gasteiger partial charge is 0.326 e. The van der Waals surface area contributed by atoms with E-state index in [2.05, 4.69) is 10.1 Å². The third-order valence-electron chi connectivity index (χ3n) is 5.55. The average Bonchev–Trinajstić information content (AvgIpc) is 3.30. The van der Waals surface area contributed by atoms with E-state index in [0.717, 1.165) is 36.3 Å². The van der Waals surface area contributed by atoms with E-state index < -0.39 is 12.0 Å². The zero-order valence-corrected chi connectivity index (χ0v) is 15.7. The average molecular weight is 374 g/mol. The number of rotatable bonds is 3. The van der Waals surface area contributed by atoms with Crippen LogP contribution in [0.5, 0.6) is 0 Å². The Kier molecular flexibility index (Phi) is 4.30. The highest BCUT2D eigenvalue weighted by Crippen LogP contribution is 2.41. The van der Waals surface area contributed by atoms with Gasteiger partial charge < -0.3 is 10.0 Å². The van der Waals surface area contributed by atoms with Crippen molar-refractivity contribution in [1.82, 2.24) is 19.7 Å². The summed E-state index contributed by atoms with van der Waals surface area (Å²) in [6, 6.07) is -0.681. The summed E-state index contributed by atoms with van der Waals surface area (Å²) in [5.74, 6) is -0.779. The summed E-state index contributed by atoms with van der Waals surface area (Å²) >= 11 is 1.33. The molecule has 1 aliphatic heterocycles. The number of hydrogen-bond acceptors (Lipinski definition) is 5. The number of aromatic nitrogens is 3. The largest absolute Gasteiger partial charge is 0.480 e. The van der Waals surface area contributed by atoms with Crippen LogP contribution in [0.2, 0.25) is 0 Å². The molecule has 3 heterocycles. The fourth-order valence-corrected chi connectivity index (χ4v) is 5.33. The molecule has 138 valence electrons. The van der Waals surface area contributed by atoms with Crippen molar-refractivity contribution in [2.24, 2.45) is 13.0 Å². The minimum atomic E-state index is -0.901. The predicted octanol–water partition coefficient (Wildman–Crippen LogP) is 2.71. The van der Waals surface area contributed by atoms with E-state index in [1.807, 2.05) is 20.2 Å². The normalized spacial score (nSPS) is 25.3. The van der Waals surface area contributed by atoms with Gasteiger partial charge in [-0.3, -0.25) is 9.48 Å². The lowest BCUT2D eigenvalue weighted by Gasteiger charge is -2.32. The van der Waals surface area contributed by atoms with Gasteiger partial charge in [0.15, 0.2) is 0 Å². The Hall–Kier alpha value is -2.22. The van der Waals surface area contributed by atoms with Gasteiger partial charge in [-0.2, -0.15) is 5.10 Å². The summed E-state index contributed by atoms with van der Waals surface area (Å²) in [7, 11) is 1.83. The first kappa shape index (κ1) is 17.2. The van der Waals surface area contributed by atoms with Crippen molar-refractivity contribution in [3.05, 3.63) is 23.0 Å². The van der Waals surface area contributed by atoms with Crippen molar-refractivity contribution in [3.63, 3.8) is 0 Å². The fourth-order valence-electron chi connectivity index (χ4n) is 4.34. The maximum atomic E-state index is 13.3. The van der Waals surface area contributed by atoms with E-state index in [9.17, 15) is 14.7 Å². The van der Waals surface area contributed by atoms with Gasteiger partial charge in [0.1, 0.15) is 15.9 Å². The Morgan fingerprint density at radius 1 is 1.31 bits per heavy atom. The molecule has 1 aliphatic carbocycles. The second-order valence-corrected chi connectivity index (χ2v) is 8.25. The number of aryl methyl sites for hydroxylation is 2. The van der Waals surface area contributed by atoms with Crippen molar-refractivity contribution >= 4 is 23.2 Å². The number of carbonyl (C=O) groups excluding carboxylic acids is 1. The first-order valence-corrected chi connectivity index (χ1v) is 9.79. The lowest BCUT2D eigenvalue weighted by molar-refractivity contribution is -0.141. The molecule has 0 aromatic carbocycles. The highest BCUT2D eigenvalue weighted by molar-refractivity contribution is 7.17. The molecule has 2 aromatic rings. The van der Waals surface area contributed by atoms with Gasteiger partial charge in [0.2, 0.25) is 0 Å². The number of thiazole rings is 1. The van der Waals surface area contributed by atoms with Crippen LogP contribution in [0.4, 0.5) is 0 Å². The topological polar surface area (TPSA) is 88.3 Å². The molecular weight excluding hydrogens is 352 g/mol. The Balaban J connectivity index is 1.67. The molecule has 2 aliphatic rings. The van der Waals surface area contributed by atoms with Crippen molar-refractivity contribution in [3.8, 4) is 10.6 Å². The van der Waals surface area contributed by atoms with E-state index >= 15 is 0 Å². The second kappa shape index (κ2) is 6.50. The number of likely N-dealkylation sites (tertiary alicyclic amines) is 1. The minimum absolute atomic E-state index is 0.0423. The summed E-state index contributed by atoms with van der Waals surface area (Å²) < 4.78 is 1.70. The van der Waals surface area contributed by atoms with Crippen LogP contribution in [-0.2, 0) is 11.8 Å². The molecule has 0 radical (unpaired) electrons. The molecule has 4 rings (SSSR count). The van der Waals surface area contributed by atoms with E-state index in [-0.39, 0.29) is 11.9 Å². The third kappa shape index (κ3) is 2.82. The van der Waals surface area contributed by atoms with Crippen LogP contribution in [0.1, 0.15) is 47.5 Å². The van der Waals surface area contributed by atoms with E-state index in [4.69, 9.17) is 0 Å². The van der Waals surface area contributed by atoms with Crippen molar-refractivity contribution in [2.75, 3.05) is 0 Å². The summed E-state index contributed by atoms with van der Waals surface area (Å²) in [5.41, 5.74) is 1.52. The number of hydrogen-bond donors (Lipinski definition) is 1. The van der Waals surface area contributed by atoms with Crippen LogP contribution in [0.25, 0.3) is 10.6 Å². The number of carboxylic acids is 1. The number of aliphatic carboxylic acids is 1. The predicted molar refractivity (Wildman–Crippen MR) is 97.0 cm³/mol. The van der Waals surface area contributed by atoms with E-state index in [1.54, 1.807) is 15.8 Å². The van der Waals surface area contributed by atoms with Crippen LogP contribution in [0.15, 0.2) is 12.4 Å². The van der Waals surface area contributed by atoms with Gasteiger partial charge in [-0.1, -0.05) is 12.8 Å². The molecule has 1 saturated carbocycles. The molecule has 3 atom stereocenters. The molecule has 26 heavy (non-hydrogen) atoms. The molecule has 1 amide bonds. The van der Waals surface area contributed by atoms with Crippen LogP contribution in [0.3, 0.4) is 0 Å². The van der Waals surface area contributed by atoms with Crippen LogP contribution in [-0.4, -0.2) is 48.7 Å². The molecule has 1 N–H and O–H groups in total. The van der Waals surface area contributed by atoms with Crippen molar-refractivity contribution in [1.29, 1.82) is 0 Å². The molecule has 7 nitrogen and oxygen atoms in total. The Bertz CT molecular complexity index is 858. The molecule has 1 saturated heterocycles. The number of carboxylic acid groups (broad SMARTS) is 1. The number of fused-ring (bicyclic) bond motifs is 1. The number of nitrogens with zero attached hydrogens (tertiary/aromatic N) is 4. The number of carbonyl (C=O) groups is 2. The fraction of sp³-hybridized carbons (Fsp3) is 0.556. The Labute approximate surface area is 155 Å². The highest BCUT2D eigenvalue weighted by Gasteiger charge is 2.48. The van der Waals surface area contributed by atoms with Gasteiger partial charge in [0, 0.05) is 24.8 Å². The van der Waals surface area contributed by atoms with Crippen LogP contribution >= 0.6 is 11.3 Å². The molecule has 0 bridgehead atoms. The monoisotopic (exact) mass is 374 g/mol. The lowest BCUT2D eigenvalue weighted by atomic mass is 9.85. The van der Waals surface area contributed by atoms with E-state index in [1.165, 1.54) is 11.3 Å². The Morgan fingerprint density at radius 2 is 2.08 bits per heavy atom. The minimum Gasteiger partial charge on any atom is -0.480 e. The molecule has 0 unspecified atom stereocenters. The molecule has 8 heteroatoms. The zero-order valence-electron chi connectivity index (χ0n) is 14.9. The van der Waals surface area contributed by atoms with Gasteiger partial charge in [-0.05, 0) is 32.1 Å². The zero-order chi connectivity index (χ0) is 18.4. The molecular formula is C18H22N4O3S. The van der Waals surface area contributed by atoms with Crippen LogP contribution in [0, 0.1) is 12.8 Å². The quantitative estimate of drug-likeness (QED) is 0.892.